The summed E-state index contributed by atoms with van der Waals surface area (Å²) in [5.74, 6) is 2.01. The molecule has 9 heteroatoms. The standard InChI is InChI=1S/C21H36N4O4S/c1-5-28-12-13-29-20-14-17(2)6-7-19(20)16-24-21(22-3)23-15-18-8-10-25(11-9-18)30(4,26)27/h6-7,14,18H,5,8-13,15-16H2,1-4H3,(H2,22,23,24). The van der Waals surface area contributed by atoms with Crippen molar-refractivity contribution in [2.45, 2.75) is 33.2 Å². The van der Waals surface area contributed by atoms with E-state index in [0.717, 1.165) is 42.2 Å². The van der Waals surface area contributed by atoms with Crippen molar-refractivity contribution in [2.75, 3.05) is 52.8 Å². The summed E-state index contributed by atoms with van der Waals surface area (Å²) in [4.78, 5) is 4.30. The molecule has 1 aromatic rings. The summed E-state index contributed by atoms with van der Waals surface area (Å²) >= 11 is 0. The van der Waals surface area contributed by atoms with E-state index in [1.54, 1.807) is 11.4 Å². The summed E-state index contributed by atoms with van der Waals surface area (Å²) in [5.41, 5.74) is 2.20. The Bertz CT molecular complexity index is 790. The van der Waals surface area contributed by atoms with E-state index < -0.39 is 10.0 Å². The van der Waals surface area contributed by atoms with Crippen LogP contribution in [0, 0.1) is 12.8 Å². The third kappa shape index (κ3) is 8.12. The summed E-state index contributed by atoms with van der Waals surface area (Å²) < 4.78 is 36.1. The van der Waals surface area contributed by atoms with E-state index in [-0.39, 0.29) is 0 Å². The van der Waals surface area contributed by atoms with Crippen LogP contribution in [0.25, 0.3) is 0 Å². The van der Waals surface area contributed by atoms with Crippen LogP contribution in [0.2, 0.25) is 0 Å². The summed E-state index contributed by atoms with van der Waals surface area (Å²) in [5, 5.41) is 6.70. The minimum absolute atomic E-state index is 0.429. The molecule has 0 unspecified atom stereocenters. The number of hydrogen-bond donors (Lipinski definition) is 2. The van der Waals surface area contributed by atoms with Gasteiger partial charge in [0.1, 0.15) is 12.4 Å². The first-order valence-electron chi connectivity index (χ1n) is 10.5. The maximum absolute atomic E-state index is 11.6. The van der Waals surface area contributed by atoms with Crippen LogP contribution in [0.15, 0.2) is 23.2 Å². The number of ether oxygens (including phenoxy) is 2. The van der Waals surface area contributed by atoms with Gasteiger partial charge in [-0.1, -0.05) is 12.1 Å². The second kappa shape index (κ2) is 12.1. The highest BCUT2D eigenvalue weighted by molar-refractivity contribution is 7.88. The van der Waals surface area contributed by atoms with Crippen molar-refractivity contribution in [3.63, 3.8) is 0 Å². The highest BCUT2D eigenvalue weighted by Gasteiger charge is 2.24. The molecule has 0 aromatic heterocycles. The lowest BCUT2D eigenvalue weighted by Crippen LogP contribution is -2.43. The lowest BCUT2D eigenvalue weighted by molar-refractivity contribution is 0.110. The van der Waals surface area contributed by atoms with Crippen LogP contribution in [0.1, 0.15) is 30.9 Å². The molecule has 1 fully saturated rings. The number of aliphatic imine (C=N–C) groups is 1. The molecular formula is C21H36N4O4S. The van der Waals surface area contributed by atoms with Crippen molar-refractivity contribution in [2.24, 2.45) is 10.9 Å². The van der Waals surface area contributed by atoms with Gasteiger partial charge in [0.25, 0.3) is 0 Å². The van der Waals surface area contributed by atoms with Crippen LogP contribution in [0.4, 0.5) is 0 Å². The Balaban J connectivity index is 1.81. The highest BCUT2D eigenvalue weighted by atomic mass is 32.2. The molecule has 1 heterocycles. The molecule has 0 aliphatic carbocycles. The molecule has 1 aliphatic heterocycles. The molecule has 0 bridgehead atoms. The lowest BCUT2D eigenvalue weighted by Gasteiger charge is -2.30. The minimum Gasteiger partial charge on any atom is -0.491 e. The number of nitrogens with one attached hydrogen (secondary N) is 2. The van der Waals surface area contributed by atoms with E-state index in [1.165, 1.54) is 6.26 Å². The second-order valence-electron chi connectivity index (χ2n) is 7.57. The molecular weight excluding hydrogens is 404 g/mol. The maximum atomic E-state index is 11.6. The van der Waals surface area contributed by atoms with Crippen molar-refractivity contribution in [1.82, 2.24) is 14.9 Å². The number of sulfonamides is 1. The van der Waals surface area contributed by atoms with E-state index in [4.69, 9.17) is 9.47 Å². The summed E-state index contributed by atoms with van der Waals surface area (Å²) in [6, 6.07) is 6.17. The minimum atomic E-state index is -3.08. The van der Waals surface area contributed by atoms with E-state index in [2.05, 4.69) is 27.8 Å². The van der Waals surface area contributed by atoms with Crippen molar-refractivity contribution < 1.29 is 17.9 Å². The summed E-state index contributed by atoms with van der Waals surface area (Å²) in [7, 11) is -1.34. The fourth-order valence-corrected chi connectivity index (χ4v) is 4.26. The van der Waals surface area contributed by atoms with Gasteiger partial charge in [0, 0.05) is 45.4 Å². The van der Waals surface area contributed by atoms with Crippen molar-refractivity contribution in [3.8, 4) is 5.75 Å². The zero-order valence-corrected chi connectivity index (χ0v) is 19.4. The van der Waals surface area contributed by atoms with Gasteiger partial charge >= 0.3 is 0 Å². The average Bonchev–Trinajstić information content (AvgIpc) is 2.72. The second-order valence-corrected chi connectivity index (χ2v) is 9.55. The monoisotopic (exact) mass is 440 g/mol. The molecule has 2 rings (SSSR count). The number of piperidine rings is 1. The highest BCUT2D eigenvalue weighted by Crippen LogP contribution is 2.21. The average molecular weight is 441 g/mol. The Morgan fingerprint density at radius 1 is 1.23 bits per heavy atom. The number of hydrogen-bond acceptors (Lipinski definition) is 5. The van der Waals surface area contributed by atoms with Gasteiger partial charge in [0.15, 0.2) is 5.96 Å². The Morgan fingerprint density at radius 3 is 2.60 bits per heavy atom. The Labute approximate surface area is 181 Å². The molecule has 1 saturated heterocycles. The molecule has 0 radical (unpaired) electrons. The predicted octanol–water partition coefficient (Wildman–Crippen LogP) is 1.75. The number of nitrogens with zero attached hydrogens (tertiary/aromatic N) is 2. The first-order chi connectivity index (χ1) is 14.3. The Hall–Kier alpha value is -1.84. The third-order valence-corrected chi connectivity index (χ3v) is 6.49. The first kappa shape index (κ1) is 24.4. The van der Waals surface area contributed by atoms with E-state index >= 15 is 0 Å². The van der Waals surface area contributed by atoms with E-state index in [0.29, 0.717) is 45.4 Å². The van der Waals surface area contributed by atoms with Gasteiger partial charge in [-0.3, -0.25) is 4.99 Å². The van der Waals surface area contributed by atoms with Gasteiger partial charge in [0.05, 0.1) is 12.9 Å². The van der Waals surface area contributed by atoms with E-state index in [9.17, 15) is 8.42 Å². The molecule has 2 N–H and O–H groups in total. The van der Waals surface area contributed by atoms with Gasteiger partial charge in [0.2, 0.25) is 10.0 Å². The molecule has 1 aromatic carbocycles. The smallest absolute Gasteiger partial charge is 0.211 e. The van der Waals surface area contributed by atoms with E-state index in [1.807, 2.05) is 19.9 Å². The van der Waals surface area contributed by atoms with Gasteiger partial charge in [-0.2, -0.15) is 0 Å². The van der Waals surface area contributed by atoms with Crippen LogP contribution >= 0.6 is 0 Å². The van der Waals surface area contributed by atoms with Gasteiger partial charge in [-0.15, -0.1) is 0 Å². The number of aryl methyl sites for hydroxylation is 1. The number of benzene rings is 1. The molecule has 8 nitrogen and oxygen atoms in total. The van der Waals surface area contributed by atoms with Crippen LogP contribution < -0.4 is 15.4 Å². The molecule has 0 saturated carbocycles. The van der Waals surface area contributed by atoms with Gasteiger partial charge in [-0.25, -0.2) is 12.7 Å². The fraction of sp³-hybridized carbons (Fsp3) is 0.667. The van der Waals surface area contributed by atoms with Crippen LogP contribution in [-0.4, -0.2) is 71.4 Å². The number of guanidine groups is 1. The van der Waals surface area contributed by atoms with Crippen molar-refractivity contribution in [3.05, 3.63) is 29.3 Å². The summed E-state index contributed by atoms with van der Waals surface area (Å²) in [6.07, 6.45) is 2.98. The van der Waals surface area contributed by atoms with Crippen LogP contribution in [-0.2, 0) is 21.3 Å². The molecule has 0 spiro atoms. The lowest BCUT2D eigenvalue weighted by atomic mass is 9.98. The largest absolute Gasteiger partial charge is 0.491 e. The van der Waals surface area contributed by atoms with Crippen molar-refractivity contribution >= 4 is 16.0 Å². The van der Waals surface area contributed by atoms with Crippen LogP contribution in [0.5, 0.6) is 5.75 Å². The quantitative estimate of drug-likeness (QED) is 0.327. The van der Waals surface area contributed by atoms with Crippen molar-refractivity contribution in [1.29, 1.82) is 0 Å². The van der Waals surface area contributed by atoms with Crippen LogP contribution in [0.3, 0.4) is 0 Å². The predicted molar refractivity (Wildman–Crippen MR) is 121 cm³/mol. The topological polar surface area (TPSA) is 92.3 Å². The summed E-state index contributed by atoms with van der Waals surface area (Å²) in [6.45, 7) is 8.31. The third-order valence-electron chi connectivity index (χ3n) is 5.18. The normalized spacial score (nSPS) is 16.5. The Morgan fingerprint density at radius 2 is 1.97 bits per heavy atom. The molecule has 30 heavy (non-hydrogen) atoms. The number of rotatable bonds is 10. The molecule has 170 valence electrons. The molecule has 0 amide bonds. The van der Waals surface area contributed by atoms with Gasteiger partial charge in [-0.05, 0) is 44.2 Å². The fourth-order valence-electron chi connectivity index (χ4n) is 3.38. The SMILES string of the molecule is CCOCCOc1cc(C)ccc1CNC(=NC)NCC1CCN(S(C)(=O)=O)CC1. The Kier molecular flexibility index (Phi) is 9.87. The molecule has 1 aliphatic rings. The zero-order chi connectivity index (χ0) is 22.0. The van der Waals surface area contributed by atoms with Gasteiger partial charge < -0.3 is 20.1 Å². The first-order valence-corrected chi connectivity index (χ1v) is 12.4. The molecule has 0 atom stereocenters. The zero-order valence-electron chi connectivity index (χ0n) is 18.6. The maximum Gasteiger partial charge on any atom is 0.211 e.